The van der Waals surface area contributed by atoms with E-state index in [1.54, 1.807) is 49.6 Å². The number of nitrogens with one attached hydrogen (secondary N) is 2. The molecule has 1 fully saturated rings. The lowest BCUT2D eigenvalue weighted by molar-refractivity contribution is -0.125. The van der Waals surface area contributed by atoms with E-state index < -0.39 is 0 Å². The van der Waals surface area contributed by atoms with Gasteiger partial charge in [0.1, 0.15) is 11.5 Å². The van der Waals surface area contributed by atoms with Gasteiger partial charge in [-0.25, -0.2) is 4.79 Å². The molecule has 0 unspecified atom stereocenters. The Bertz CT molecular complexity index is 811. The van der Waals surface area contributed by atoms with Crippen LogP contribution in [-0.2, 0) is 4.79 Å². The fourth-order valence-corrected chi connectivity index (χ4v) is 2.65. The van der Waals surface area contributed by atoms with Crippen molar-refractivity contribution in [3.63, 3.8) is 0 Å². The number of imide groups is 1. The van der Waals surface area contributed by atoms with Crippen LogP contribution in [0.3, 0.4) is 0 Å². The lowest BCUT2D eigenvalue weighted by atomic mass is 10.2. The van der Waals surface area contributed by atoms with E-state index in [-0.39, 0.29) is 18.5 Å². The van der Waals surface area contributed by atoms with Gasteiger partial charge in [0, 0.05) is 18.1 Å². The van der Waals surface area contributed by atoms with E-state index in [0.717, 1.165) is 5.75 Å². The normalized spacial score (nSPS) is 13.3. The summed E-state index contributed by atoms with van der Waals surface area (Å²) in [6, 6.07) is 11.8. The number of hydrogen-bond donors (Lipinski definition) is 2. The van der Waals surface area contributed by atoms with Crippen LogP contribution in [0.4, 0.5) is 10.5 Å². The third-order valence-electron chi connectivity index (χ3n) is 3.82. The van der Waals surface area contributed by atoms with Gasteiger partial charge < -0.3 is 20.1 Å². The highest BCUT2D eigenvalue weighted by Gasteiger charge is 2.25. The Morgan fingerprint density at radius 2 is 1.96 bits per heavy atom. The van der Waals surface area contributed by atoms with Crippen molar-refractivity contribution in [3.05, 3.63) is 47.5 Å². The number of halogens is 1. The molecule has 2 aromatic rings. The van der Waals surface area contributed by atoms with E-state index >= 15 is 0 Å². The monoisotopic (exact) mass is 375 g/mol. The van der Waals surface area contributed by atoms with Crippen molar-refractivity contribution in [1.29, 1.82) is 0 Å². The van der Waals surface area contributed by atoms with Crippen molar-refractivity contribution in [2.45, 2.75) is 0 Å². The van der Waals surface area contributed by atoms with Gasteiger partial charge in [-0.3, -0.25) is 9.69 Å². The van der Waals surface area contributed by atoms with Gasteiger partial charge in [0.2, 0.25) is 5.91 Å². The number of hydrogen-bond acceptors (Lipinski definition) is 5. The summed E-state index contributed by atoms with van der Waals surface area (Å²) >= 11 is 6.05. The zero-order valence-electron chi connectivity index (χ0n) is 14.1. The van der Waals surface area contributed by atoms with Gasteiger partial charge in [-0.15, -0.1) is 0 Å². The first-order chi connectivity index (χ1) is 12.6. The van der Waals surface area contributed by atoms with E-state index in [1.165, 1.54) is 4.90 Å². The van der Waals surface area contributed by atoms with Crippen LogP contribution >= 0.6 is 11.6 Å². The molecular formula is C18H18ClN3O4. The van der Waals surface area contributed by atoms with E-state index in [2.05, 4.69) is 10.6 Å². The van der Waals surface area contributed by atoms with Crippen LogP contribution in [-0.4, -0.2) is 43.6 Å². The SMILES string of the molecule is COc1ccc(Oc2ccc(Cl)cc2NCC(=O)N2CCNC2=O)cc1. The topological polar surface area (TPSA) is 79.9 Å². The highest BCUT2D eigenvalue weighted by Crippen LogP contribution is 2.32. The summed E-state index contributed by atoms with van der Waals surface area (Å²) in [5.41, 5.74) is 0.557. The number of amides is 3. The summed E-state index contributed by atoms with van der Waals surface area (Å²) in [6.45, 7) is 0.782. The summed E-state index contributed by atoms with van der Waals surface area (Å²) in [5.74, 6) is 1.52. The Morgan fingerprint density at radius 1 is 1.23 bits per heavy atom. The molecule has 3 rings (SSSR count). The molecule has 1 aliphatic rings. The molecule has 0 aromatic heterocycles. The highest BCUT2D eigenvalue weighted by atomic mass is 35.5. The van der Waals surface area contributed by atoms with Gasteiger partial charge in [0.05, 0.1) is 19.3 Å². The average molecular weight is 376 g/mol. The molecule has 1 heterocycles. The molecule has 3 amide bonds. The number of carbonyl (C=O) groups is 2. The second-order valence-corrected chi connectivity index (χ2v) is 5.99. The van der Waals surface area contributed by atoms with Crippen molar-refractivity contribution >= 4 is 29.2 Å². The number of nitrogens with zero attached hydrogens (tertiary/aromatic N) is 1. The molecule has 0 atom stereocenters. The van der Waals surface area contributed by atoms with Crippen LogP contribution in [0.15, 0.2) is 42.5 Å². The molecule has 0 spiro atoms. The van der Waals surface area contributed by atoms with Crippen LogP contribution in [0, 0.1) is 0 Å². The molecule has 1 aliphatic heterocycles. The second kappa shape index (κ2) is 7.97. The largest absolute Gasteiger partial charge is 0.497 e. The highest BCUT2D eigenvalue weighted by molar-refractivity contribution is 6.31. The second-order valence-electron chi connectivity index (χ2n) is 5.55. The maximum atomic E-state index is 12.2. The molecule has 0 aliphatic carbocycles. The van der Waals surface area contributed by atoms with Crippen molar-refractivity contribution in [2.75, 3.05) is 32.1 Å². The maximum absolute atomic E-state index is 12.2. The smallest absolute Gasteiger partial charge is 0.324 e. The summed E-state index contributed by atoms with van der Waals surface area (Å²) in [5, 5.41) is 6.08. The predicted octanol–water partition coefficient (Wildman–Crippen LogP) is 3.10. The van der Waals surface area contributed by atoms with Crippen molar-refractivity contribution in [3.8, 4) is 17.2 Å². The third-order valence-corrected chi connectivity index (χ3v) is 4.05. The summed E-state index contributed by atoms with van der Waals surface area (Å²) in [4.78, 5) is 24.9. The molecule has 0 saturated carbocycles. The molecule has 2 N–H and O–H groups in total. The standard InChI is InChI=1S/C18H18ClN3O4/c1-25-13-3-5-14(6-4-13)26-16-7-2-12(19)10-15(16)21-11-17(23)22-9-8-20-18(22)24/h2-7,10,21H,8-9,11H2,1H3,(H,20,24). The van der Waals surface area contributed by atoms with E-state index in [9.17, 15) is 9.59 Å². The Morgan fingerprint density at radius 3 is 2.62 bits per heavy atom. The van der Waals surface area contributed by atoms with Crippen LogP contribution in [0.25, 0.3) is 0 Å². The molecule has 8 heteroatoms. The Balaban J connectivity index is 1.70. The summed E-state index contributed by atoms with van der Waals surface area (Å²) < 4.78 is 11.0. The van der Waals surface area contributed by atoms with Crippen LogP contribution in [0.2, 0.25) is 5.02 Å². The van der Waals surface area contributed by atoms with Crippen molar-refractivity contribution < 1.29 is 19.1 Å². The summed E-state index contributed by atoms with van der Waals surface area (Å²) in [7, 11) is 1.59. The predicted molar refractivity (Wildman–Crippen MR) is 98.1 cm³/mol. The number of carbonyl (C=O) groups excluding carboxylic acids is 2. The minimum Gasteiger partial charge on any atom is -0.497 e. The fraction of sp³-hybridized carbons (Fsp3) is 0.222. The minimum atomic E-state index is -0.377. The number of benzene rings is 2. The van der Waals surface area contributed by atoms with E-state index in [1.807, 2.05) is 0 Å². The van der Waals surface area contributed by atoms with Gasteiger partial charge in [0.25, 0.3) is 0 Å². The molecule has 136 valence electrons. The quantitative estimate of drug-likeness (QED) is 0.811. The molecular weight excluding hydrogens is 358 g/mol. The van der Waals surface area contributed by atoms with Crippen LogP contribution in [0.5, 0.6) is 17.2 Å². The lowest BCUT2D eigenvalue weighted by Gasteiger charge is -2.16. The zero-order valence-corrected chi connectivity index (χ0v) is 14.9. The molecule has 26 heavy (non-hydrogen) atoms. The van der Waals surface area contributed by atoms with Gasteiger partial charge >= 0.3 is 6.03 Å². The molecule has 7 nitrogen and oxygen atoms in total. The first-order valence-electron chi connectivity index (χ1n) is 8.00. The van der Waals surface area contributed by atoms with Crippen LogP contribution in [0.1, 0.15) is 0 Å². The van der Waals surface area contributed by atoms with Gasteiger partial charge in [-0.1, -0.05) is 11.6 Å². The number of ether oxygens (including phenoxy) is 2. The minimum absolute atomic E-state index is 0.0489. The number of urea groups is 1. The Hall–Kier alpha value is -2.93. The Kier molecular flexibility index (Phi) is 5.48. The average Bonchev–Trinajstić information content (AvgIpc) is 3.08. The fourth-order valence-electron chi connectivity index (χ4n) is 2.48. The summed E-state index contributed by atoms with van der Waals surface area (Å²) in [6.07, 6.45) is 0. The number of rotatable bonds is 6. The van der Waals surface area contributed by atoms with Gasteiger partial charge in [0.15, 0.2) is 5.75 Å². The van der Waals surface area contributed by atoms with Crippen molar-refractivity contribution in [1.82, 2.24) is 10.2 Å². The first kappa shape index (κ1) is 17.9. The van der Waals surface area contributed by atoms with Crippen LogP contribution < -0.4 is 20.1 Å². The van der Waals surface area contributed by atoms with Gasteiger partial charge in [-0.05, 0) is 42.5 Å². The molecule has 1 saturated heterocycles. The van der Waals surface area contributed by atoms with Crippen molar-refractivity contribution in [2.24, 2.45) is 0 Å². The third kappa shape index (κ3) is 4.18. The van der Waals surface area contributed by atoms with E-state index in [4.69, 9.17) is 21.1 Å². The molecule has 0 bridgehead atoms. The lowest BCUT2D eigenvalue weighted by Crippen LogP contribution is -2.38. The van der Waals surface area contributed by atoms with Gasteiger partial charge in [-0.2, -0.15) is 0 Å². The number of methoxy groups -OCH3 is 1. The zero-order chi connectivity index (χ0) is 18.5. The molecule has 0 radical (unpaired) electrons. The Labute approximate surface area is 155 Å². The molecule has 2 aromatic carbocycles. The van der Waals surface area contributed by atoms with E-state index in [0.29, 0.717) is 35.3 Å². The number of anilines is 1. The first-order valence-corrected chi connectivity index (χ1v) is 8.38. The maximum Gasteiger partial charge on any atom is 0.324 e.